The number of hydrogen-bond acceptors (Lipinski definition) is 4. The highest BCUT2D eigenvalue weighted by Gasteiger charge is 2.26. The molecule has 3 aromatic rings. The van der Waals surface area contributed by atoms with Crippen LogP contribution in [0.15, 0.2) is 36.5 Å². The van der Waals surface area contributed by atoms with Crippen molar-refractivity contribution in [1.82, 2.24) is 19.9 Å². The molecule has 0 bridgehead atoms. The summed E-state index contributed by atoms with van der Waals surface area (Å²) in [7, 11) is 1.87. The SMILES string of the molecule is CNc1cc([C@H]2CCCN(C(=O)c3ccc4nc(C)[nH]c4c3)C2)ccn1. The van der Waals surface area contributed by atoms with E-state index in [1.54, 1.807) is 0 Å². The van der Waals surface area contributed by atoms with Crippen LogP contribution in [0.3, 0.4) is 0 Å². The predicted molar refractivity (Wildman–Crippen MR) is 102 cm³/mol. The van der Waals surface area contributed by atoms with E-state index in [0.717, 1.165) is 48.6 Å². The van der Waals surface area contributed by atoms with Crippen LogP contribution in [-0.4, -0.2) is 45.9 Å². The van der Waals surface area contributed by atoms with Gasteiger partial charge in [0.2, 0.25) is 0 Å². The zero-order valence-corrected chi connectivity index (χ0v) is 15.1. The molecule has 1 aliphatic rings. The van der Waals surface area contributed by atoms with Crippen LogP contribution in [-0.2, 0) is 0 Å². The van der Waals surface area contributed by atoms with Crippen LogP contribution in [0, 0.1) is 6.92 Å². The third kappa shape index (κ3) is 3.14. The lowest BCUT2D eigenvalue weighted by Gasteiger charge is -2.33. The van der Waals surface area contributed by atoms with Gasteiger partial charge in [0.25, 0.3) is 5.91 Å². The quantitative estimate of drug-likeness (QED) is 0.761. The van der Waals surface area contributed by atoms with Crippen LogP contribution in [0.5, 0.6) is 0 Å². The van der Waals surface area contributed by atoms with Crippen molar-refractivity contribution in [1.29, 1.82) is 0 Å². The van der Waals surface area contributed by atoms with E-state index in [-0.39, 0.29) is 5.91 Å². The molecule has 6 nitrogen and oxygen atoms in total. The number of aromatic nitrogens is 3. The lowest BCUT2D eigenvalue weighted by atomic mass is 9.90. The van der Waals surface area contributed by atoms with Gasteiger partial charge in [0, 0.05) is 37.8 Å². The Hall–Kier alpha value is -2.89. The Bertz CT molecular complexity index is 948. The normalized spacial score (nSPS) is 17.5. The maximum absolute atomic E-state index is 13.0. The zero-order chi connectivity index (χ0) is 18.1. The lowest BCUT2D eigenvalue weighted by Crippen LogP contribution is -2.39. The molecule has 134 valence electrons. The minimum atomic E-state index is 0.0896. The Morgan fingerprint density at radius 1 is 1.31 bits per heavy atom. The van der Waals surface area contributed by atoms with E-state index < -0.39 is 0 Å². The van der Waals surface area contributed by atoms with Crippen LogP contribution in [0.2, 0.25) is 0 Å². The molecule has 0 aliphatic carbocycles. The molecular weight excluding hydrogens is 326 g/mol. The molecule has 0 spiro atoms. The number of imidazole rings is 1. The van der Waals surface area contributed by atoms with Crippen LogP contribution >= 0.6 is 0 Å². The van der Waals surface area contributed by atoms with Gasteiger partial charge in [-0.05, 0) is 55.7 Å². The zero-order valence-electron chi connectivity index (χ0n) is 15.1. The van der Waals surface area contributed by atoms with E-state index >= 15 is 0 Å². The second kappa shape index (κ2) is 6.78. The number of likely N-dealkylation sites (tertiary alicyclic amines) is 1. The van der Waals surface area contributed by atoms with Crippen molar-refractivity contribution in [3.05, 3.63) is 53.5 Å². The Balaban J connectivity index is 1.55. The summed E-state index contributed by atoms with van der Waals surface area (Å²) in [5, 5.41) is 3.08. The monoisotopic (exact) mass is 349 g/mol. The molecule has 4 rings (SSSR count). The average Bonchev–Trinajstić information content (AvgIpc) is 3.06. The van der Waals surface area contributed by atoms with Gasteiger partial charge >= 0.3 is 0 Å². The van der Waals surface area contributed by atoms with Gasteiger partial charge in [0.1, 0.15) is 11.6 Å². The number of anilines is 1. The topological polar surface area (TPSA) is 73.9 Å². The van der Waals surface area contributed by atoms with E-state index in [4.69, 9.17) is 0 Å². The van der Waals surface area contributed by atoms with Crippen molar-refractivity contribution in [2.45, 2.75) is 25.7 Å². The van der Waals surface area contributed by atoms with Gasteiger partial charge in [-0.2, -0.15) is 0 Å². The van der Waals surface area contributed by atoms with Crippen LogP contribution < -0.4 is 5.32 Å². The second-order valence-corrected chi connectivity index (χ2v) is 6.87. The van der Waals surface area contributed by atoms with Crippen molar-refractivity contribution in [3.63, 3.8) is 0 Å². The molecule has 0 unspecified atom stereocenters. The molecule has 2 N–H and O–H groups in total. The molecule has 26 heavy (non-hydrogen) atoms. The number of fused-ring (bicyclic) bond motifs is 1. The molecule has 0 radical (unpaired) electrons. The molecule has 1 amide bonds. The molecule has 1 aromatic carbocycles. The van der Waals surface area contributed by atoms with Crippen molar-refractivity contribution in [3.8, 4) is 0 Å². The largest absolute Gasteiger partial charge is 0.373 e. The summed E-state index contributed by atoms with van der Waals surface area (Å²) in [6, 6.07) is 9.83. The summed E-state index contributed by atoms with van der Waals surface area (Å²) in [6.45, 7) is 3.47. The molecule has 0 saturated carbocycles. The summed E-state index contributed by atoms with van der Waals surface area (Å²) in [5.41, 5.74) is 3.76. The number of amides is 1. The number of piperidine rings is 1. The first-order valence-corrected chi connectivity index (χ1v) is 9.03. The standard InChI is InChI=1S/C20H23N5O/c1-13-23-17-6-5-15(10-18(17)24-13)20(26)25-9-3-4-16(12-25)14-7-8-22-19(11-14)21-2/h5-8,10-11,16H,3-4,9,12H2,1-2H3,(H,21,22)(H,23,24)/t16-/m0/s1. The van der Waals surface area contributed by atoms with E-state index in [1.165, 1.54) is 5.56 Å². The Kier molecular flexibility index (Phi) is 4.32. The minimum Gasteiger partial charge on any atom is -0.373 e. The first-order chi connectivity index (χ1) is 12.6. The summed E-state index contributed by atoms with van der Waals surface area (Å²) >= 11 is 0. The van der Waals surface area contributed by atoms with Gasteiger partial charge < -0.3 is 15.2 Å². The molecule has 1 saturated heterocycles. The van der Waals surface area contributed by atoms with E-state index in [1.807, 2.05) is 43.3 Å². The van der Waals surface area contributed by atoms with E-state index in [0.29, 0.717) is 11.5 Å². The van der Waals surface area contributed by atoms with Crippen LogP contribution in [0.25, 0.3) is 11.0 Å². The fourth-order valence-corrected chi connectivity index (χ4v) is 3.72. The van der Waals surface area contributed by atoms with Gasteiger partial charge in [0.15, 0.2) is 0 Å². The molecule has 1 aliphatic heterocycles. The van der Waals surface area contributed by atoms with Crippen molar-refractivity contribution < 1.29 is 4.79 Å². The second-order valence-electron chi connectivity index (χ2n) is 6.87. The smallest absolute Gasteiger partial charge is 0.253 e. The van der Waals surface area contributed by atoms with Gasteiger partial charge in [-0.25, -0.2) is 9.97 Å². The number of aromatic amines is 1. The number of carbonyl (C=O) groups is 1. The highest BCUT2D eigenvalue weighted by atomic mass is 16.2. The van der Waals surface area contributed by atoms with E-state index in [2.05, 4.69) is 32.4 Å². The van der Waals surface area contributed by atoms with Crippen LogP contribution in [0.4, 0.5) is 5.82 Å². The number of nitrogens with zero attached hydrogens (tertiary/aromatic N) is 3. The molecule has 2 aromatic heterocycles. The highest BCUT2D eigenvalue weighted by Crippen LogP contribution is 2.29. The number of aryl methyl sites for hydroxylation is 1. The Morgan fingerprint density at radius 3 is 3.04 bits per heavy atom. The number of pyridine rings is 1. The number of H-pyrrole nitrogens is 1. The first-order valence-electron chi connectivity index (χ1n) is 9.03. The third-order valence-corrected chi connectivity index (χ3v) is 5.07. The molecule has 1 atom stereocenters. The number of rotatable bonds is 3. The minimum absolute atomic E-state index is 0.0896. The van der Waals surface area contributed by atoms with Crippen molar-refractivity contribution in [2.75, 3.05) is 25.5 Å². The Morgan fingerprint density at radius 2 is 2.19 bits per heavy atom. The van der Waals surface area contributed by atoms with Crippen molar-refractivity contribution in [2.24, 2.45) is 0 Å². The van der Waals surface area contributed by atoms with Gasteiger partial charge in [-0.1, -0.05) is 0 Å². The summed E-state index contributed by atoms with van der Waals surface area (Å²) < 4.78 is 0. The molecule has 6 heteroatoms. The van der Waals surface area contributed by atoms with Crippen molar-refractivity contribution >= 4 is 22.8 Å². The molecule has 3 heterocycles. The highest BCUT2D eigenvalue weighted by molar-refractivity contribution is 5.97. The fourth-order valence-electron chi connectivity index (χ4n) is 3.72. The third-order valence-electron chi connectivity index (χ3n) is 5.07. The van der Waals surface area contributed by atoms with Gasteiger partial charge in [-0.15, -0.1) is 0 Å². The maximum Gasteiger partial charge on any atom is 0.253 e. The first kappa shape index (κ1) is 16.6. The summed E-state index contributed by atoms with van der Waals surface area (Å²) in [4.78, 5) is 26.9. The van der Waals surface area contributed by atoms with Crippen LogP contribution in [0.1, 0.15) is 40.5 Å². The van der Waals surface area contributed by atoms with Gasteiger partial charge in [-0.3, -0.25) is 4.79 Å². The number of hydrogen-bond donors (Lipinski definition) is 2. The lowest BCUT2D eigenvalue weighted by molar-refractivity contribution is 0.0707. The summed E-state index contributed by atoms with van der Waals surface area (Å²) in [5.74, 6) is 2.17. The number of benzene rings is 1. The predicted octanol–water partition coefficient (Wildman–Crippen LogP) is 3.33. The number of carbonyl (C=O) groups excluding carboxylic acids is 1. The molecular formula is C20H23N5O. The average molecular weight is 349 g/mol. The maximum atomic E-state index is 13.0. The number of nitrogens with one attached hydrogen (secondary N) is 2. The summed E-state index contributed by atoms with van der Waals surface area (Å²) in [6.07, 6.45) is 3.94. The van der Waals surface area contributed by atoms with Gasteiger partial charge in [0.05, 0.1) is 11.0 Å². The van der Waals surface area contributed by atoms with E-state index in [9.17, 15) is 4.79 Å². The Labute approximate surface area is 152 Å². The molecule has 1 fully saturated rings. The fraction of sp³-hybridized carbons (Fsp3) is 0.350.